The standard InChI is InChI=1S/C22H15F6NO/c1-12-3-6-18-15(9-12)16-11-14(30-2)5-8-19(16)29(18)20-7-4-13(21(23,24)25)10-17(20)22(26,27)28/h3-11H,1-2H3. The first kappa shape index (κ1) is 20.1. The molecule has 0 saturated heterocycles. The van der Waals surface area contributed by atoms with Crippen molar-refractivity contribution in [2.75, 3.05) is 7.11 Å². The Morgan fingerprint density at radius 2 is 1.37 bits per heavy atom. The molecule has 1 aromatic heterocycles. The lowest BCUT2D eigenvalue weighted by molar-refractivity contribution is -0.142. The number of methoxy groups -OCH3 is 1. The van der Waals surface area contributed by atoms with E-state index < -0.39 is 23.5 Å². The number of alkyl halides is 6. The number of benzene rings is 3. The van der Waals surface area contributed by atoms with Crippen LogP contribution in [0.3, 0.4) is 0 Å². The van der Waals surface area contributed by atoms with Crippen LogP contribution in [0.1, 0.15) is 16.7 Å². The van der Waals surface area contributed by atoms with Crippen molar-refractivity contribution in [3.05, 3.63) is 71.3 Å². The first-order valence-corrected chi connectivity index (χ1v) is 8.88. The highest BCUT2D eigenvalue weighted by Gasteiger charge is 2.39. The average molecular weight is 423 g/mol. The van der Waals surface area contributed by atoms with Crippen molar-refractivity contribution in [3.63, 3.8) is 0 Å². The van der Waals surface area contributed by atoms with Gasteiger partial charge < -0.3 is 9.30 Å². The first-order valence-electron chi connectivity index (χ1n) is 8.88. The molecule has 1 heterocycles. The highest BCUT2D eigenvalue weighted by atomic mass is 19.4. The predicted octanol–water partition coefficient (Wildman–Crippen LogP) is 7.14. The summed E-state index contributed by atoms with van der Waals surface area (Å²) in [6.07, 6.45) is -9.86. The third-order valence-electron chi connectivity index (χ3n) is 5.00. The Morgan fingerprint density at radius 1 is 0.733 bits per heavy atom. The van der Waals surface area contributed by atoms with Gasteiger partial charge in [0.2, 0.25) is 0 Å². The molecule has 0 spiro atoms. The third-order valence-corrected chi connectivity index (χ3v) is 5.00. The predicted molar refractivity (Wildman–Crippen MR) is 102 cm³/mol. The van der Waals surface area contributed by atoms with Gasteiger partial charge in [0.15, 0.2) is 0 Å². The van der Waals surface area contributed by atoms with Gasteiger partial charge in [-0.15, -0.1) is 0 Å². The van der Waals surface area contributed by atoms with E-state index in [2.05, 4.69) is 0 Å². The number of aromatic nitrogens is 1. The van der Waals surface area contributed by atoms with Crippen molar-refractivity contribution in [2.24, 2.45) is 0 Å². The quantitative estimate of drug-likeness (QED) is 0.313. The molecule has 0 bridgehead atoms. The molecule has 8 heteroatoms. The average Bonchev–Trinajstić information content (AvgIpc) is 2.98. The number of nitrogens with zero attached hydrogens (tertiary/aromatic N) is 1. The summed E-state index contributed by atoms with van der Waals surface area (Å²) in [7, 11) is 1.48. The van der Waals surface area contributed by atoms with Crippen LogP contribution in [0.5, 0.6) is 5.75 Å². The molecule has 0 amide bonds. The minimum absolute atomic E-state index is 0.157. The van der Waals surface area contributed by atoms with Gasteiger partial charge in [0.05, 0.1) is 35.0 Å². The molecule has 0 N–H and O–H groups in total. The van der Waals surface area contributed by atoms with Gasteiger partial charge >= 0.3 is 12.4 Å². The lowest BCUT2D eigenvalue weighted by Crippen LogP contribution is -2.14. The summed E-state index contributed by atoms with van der Waals surface area (Å²) in [5.74, 6) is 0.520. The largest absolute Gasteiger partial charge is 0.497 e. The zero-order chi connectivity index (χ0) is 21.8. The number of rotatable bonds is 2. The van der Waals surface area contributed by atoms with Crippen LogP contribution in [0, 0.1) is 6.92 Å². The fourth-order valence-corrected chi connectivity index (χ4v) is 3.64. The number of hydrogen-bond acceptors (Lipinski definition) is 1. The van der Waals surface area contributed by atoms with Gasteiger partial charge in [-0.2, -0.15) is 26.3 Å². The molecular formula is C22H15F6NO. The SMILES string of the molecule is COc1ccc2c(c1)c1cc(C)ccc1n2-c1ccc(C(F)(F)F)cc1C(F)(F)F. The first-order chi connectivity index (χ1) is 14.0. The Bertz CT molecular complexity index is 1270. The molecule has 3 aromatic carbocycles. The van der Waals surface area contributed by atoms with E-state index in [4.69, 9.17) is 4.74 Å². The molecule has 0 fully saturated rings. The third kappa shape index (κ3) is 3.26. The maximum atomic E-state index is 13.8. The van der Waals surface area contributed by atoms with E-state index in [9.17, 15) is 26.3 Å². The van der Waals surface area contributed by atoms with Crippen LogP contribution in [0.2, 0.25) is 0 Å². The molecule has 0 unspecified atom stereocenters. The number of fused-ring (bicyclic) bond motifs is 3. The van der Waals surface area contributed by atoms with E-state index >= 15 is 0 Å². The Balaban J connectivity index is 2.13. The smallest absolute Gasteiger partial charge is 0.418 e. The fraction of sp³-hybridized carbons (Fsp3) is 0.182. The number of ether oxygens (including phenoxy) is 1. The van der Waals surface area contributed by atoms with E-state index in [1.807, 2.05) is 13.0 Å². The van der Waals surface area contributed by atoms with Crippen LogP contribution in [-0.4, -0.2) is 11.7 Å². The van der Waals surface area contributed by atoms with E-state index in [-0.39, 0.29) is 11.8 Å². The highest BCUT2D eigenvalue weighted by molar-refractivity contribution is 6.10. The number of hydrogen-bond donors (Lipinski definition) is 0. The maximum Gasteiger partial charge on any atom is 0.418 e. The summed E-state index contributed by atoms with van der Waals surface area (Å²) in [6.45, 7) is 1.85. The van der Waals surface area contributed by atoms with Gasteiger partial charge in [0.25, 0.3) is 0 Å². The van der Waals surface area contributed by atoms with E-state index in [1.165, 1.54) is 11.7 Å². The fourth-order valence-electron chi connectivity index (χ4n) is 3.64. The topological polar surface area (TPSA) is 14.2 Å². The summed E-state index contributed by atoms with van der Waals surface area (Å²) in [4.78, 5) is 0. The molecule has 0 aliphatic heterocycles. The normalized spacial score (nSPS) is 12.7. The van der Waals surface area contributed by atoms with Gasteiger partial charge in [0.1, 0.15) is 5.75 Å². The van der Waals surface area contributed by atoms with Crippen LogP contribution in [-0.2, 0) is 12.4 Å². The van der Waals surface area contributed by atoms with Gasteiger partial charge in [-0.25, -0.2) is 0 Å². The number of halogens is 6. The van der Waals surface area contributed by atoms with E-state index in [0.29, 0.717) is 33.6 Å². The van der Waals surface area contributed by atoms with Gasteiger partial charge in [-0.1, -0.05) is 11.6 Å². The van der Waals surface area contributed by atoms with Gasteiger partial charge in [-0.05, 0) is 55.5 Å². The van der Waals surface area contributed by atoms with Crippen molar-refractivity contribution < 1.29 is 31.1 Å². The summed E-state index contributed by atoms with van der Waals surface area (Å²) in [6, 6.07) is 11.8. The van der Waals surface area contributed by atoms with Crippen LogP contribution in [0.15, 0.2) is 54.6 Å². The van der Waals surface area contributed by atoms with Crippen molar-refractivity contribution >= 4 is 21.8 Å². The van der Waals surface area contributed by atoms with Gasteiger partial charge in [-0.3, -0.25) is 0 Å². The van der Waals surface area contributed by atoms with Crippen LogP contribution in [0.4, 0.5) is 26.3 Å². The van der Waals surface area contributed by atoms with Gasteiger partial charge in [0, 0.05) is 10.8 Å². The molecule has 156 valence electrons. The Labute approximate surface area is 167 Å². The summed E-state index contributed by atoms with van der Waals surface area (Å²) >= 11 is 0. The van der Waals surface area contributed by atoms with E-state index in [1.54, 1.807) is 30.3 Å². The molecule has 0 atom stereocenters. The lowest BCUT2D eigenvalue weighted by atomic mass is 10.1. The number of aryl methyl sites for hydroxylation is 1. The molecule has 0 saturated carbocycles. The van der Waals surface area contributed by atoms with Crippen LogP contribution < -0.4 is 4.74 Å². The second kappa shape index (κ2) is 6.68. The van der Waals surface area contributed by atoms with E-state index in [0.717, 1.165) is 11.6 Å². The summed E-state index contributed by atoms with van der Waals surface area (Å²) in [5, 5.41) is 1.32. The van der Waals surface area contributed by atoms with Crippen LogP contribution in [0.25, 0.3) is 27.5 Å². The molecule has 4 rings (SSSR count). The van der Waals surface area contributed by atoms with Crippen molar-refractivity contribution in [2.45, 2.75) is 19.3 Å². The molecule has 30 heavy (non-hydrogen) atoms. The monoisotopic (exact) mass is 423 g/mol. The minimum atomic E-state index is -4.98. The molecular weight excluding hydrogens is 408 g/mol. The summed E-state index contributed by atoms with van der Waals surface area (Å²) in [5.41, 5.74) is -1.29. The molecule has 2 nitrogen and oxygen atoms in total. The molecule has 0 radical (unpaired) electrons. The highest BCUT2D eigenvalue weighted by Crippen LogP contribution is 2.42. The second-order valence-corrected chi connectivity index (χ2v) is 6.97. The zero-order valence-corrected chi connectivity index (χ0v) is 15.8. The summed E-state index contributed by atoms with van der Waals surface area (Å²) < 4.78 is 87.2. The maximum absolute atomic E-state index is 13.8. The molecule has 4 aromatic rings. The second-order valence-electron chi connectivity index (χ2n) is 6.97. The Hall–Kier alpha value is -3.16. The van der Waals surface area contributed by atoms with Crippen LogP contribution >= 0.6 is 0 Å². The van der Waals surface area contributed by atoms with Crippen molar-refractivity contribution in [3.8, 4) is 11.4 Å². The molecule has 0 aliphatic carbocycles. The Morgan fingerprint density at radius 3 is 1.97 bits per heavy atom. The van der Waals surface area contributed by atoms with Crippen molar-refractivity contribution in [1.29, 1.82) is 0 Å². The molecule has 0 aliphatic rings. The van der Waals surface area contributed by atoms with Crippen molar-refractivity contribution in [1.82, 2.24) is 4.57 Å². The Kier molecular flexibility index (Phi) is 4.48. The lowest BCUT2D eigenvalue weighted by Gasteiger charge is -2.18. The zero-order valence-electron chi connectivity index (χ0n) is 15.8. The minimum Gasteiger partial charge on any atom is -0.497 e.